The first kappa shape index (κ1) is 31.3. The van der Waals surface area contributed by atoms with Gasteiger partial charge in [0.1, 0.15) is 18.1 Å². The molecule has 5 rings (SSSR count). The van der Waals surface area contributed by atoms with Gasteiger partial charge in [-0.05, 0) is 98.6 Å². The number of ether oxygens (including phenoxy) is 4. The zero-order chi connectivity index (χ0) is 30.2. The molecule has 1 amide bonds. The normalized spacial score (nSPS) is 19.2. The lowest BCUT2D eigenvalue weighted by Gasteiger charge is -2.31. The van der Waals surface area contributed by atoms with Crippen molar-refractivity contribution in [2.45, 2.75) is 77.0 Å². The van der Waals surface area contributed by atoms with E-state index in [4.69, 9.17) is 18.9 Å². The van der Waals surface area contributed by atoms with Gasteiger partial charge in [0.2, 0.25) is 5.91 Å². The van der Waals surface area contributed by atoms with Crippen LogP contribution in [0.1, 0.15) is 80.4 Å². The Labute approximate surface area is 260 Å². The second-order valence-electron chi connectivity index (χ2n) is 12.0. The SMILES string of the molecule is COCCOc1ccc(NC(=O)C2CCCCC2)c(CC2CCC(c3ccc(OC)c(C)c3)CC2)c1-c1cnc(OC)s1. The predicted octanol–water partition coefficient (Wildman–Crippen LogP) is 8.20. The minimum atomic E-state index is 0.0783. The monoisotopic (exact) mass is 606 g/mol. The van der Waals surface area contributed by atoms with Gasteiger partial charge < -0.3 is 24.3 Å². The smallest absolute Gasteiger partial charge is 0.273 e. The molecule has 1 heterocycles. The van der Waals surface area contributed by atoms with E-state index in [-0.39, 0.29) is 11.8 Å². The molecule has 0 spiro atoms. The Hall–Kier alpha value is -3.10. The van der Waals surface area contributed by atoms with Crippen LogP contribution < -0.4 is 19.5 Å². The Morgan fingerprint density at radius 2 is 1.70 bits per heavy atom. The molecule has 0 unspecified atom stereocenters. The summed E-state index contributed by atoms with van der Waals surface area (Å²) in [6.07, 6.45) is 12.7. The van der Waals surface area contributed by atoms with Crippen molar-refractivity contribution in [2.75, 3.05) is 39.9 Å². The van der Waals surface area contributed by atoms with Gasteiger partial charge in [0, 0.05) is 30.5 Å². The maximum absolute atomic E-state index is 13.5. The summed E-state index contributed by atoms with van der Waals surface area (Å²) >= 11 is 1.51. The van der Waals surface area contributed by atoms with Crippen molar-refractivity contribution in [3.8, 4) is 27.1 Å². The zero-order valence-electron chi connectivity index (χ0n) is 26.1. The minimum Gasteiger partial charge on any atom is -0.496 e. The first-order chi connectivity index (χ1) is 21.0. The number of hydrogen-bond donors (Lipinski definition) is 1. The second-order valence-corrected chi connectivity index (χ2v) is 13.0. The van der Waals surface area contributed by atoms with Crippen molar-refractivity contribution in [2.24, 2.45) is 11.8 Å². The first-order valence-corrected chi connectivity index (χ1v) is 16.6. The van der Waals surface area contributed by atoms with Gasteiger partial charge in [-0.2, -0.15) is 0 Å². The lowest BCUT2D eigenvalue weighted by Crippen LogP contribution is -2.26. The van der Waals surface area contributed by atoms with Gasteiger partial charge in [-0.1, -0.05) is 42.7 Å². The second kappa shape index (κ2) is 15.1. The number of hydrogen-bond acceptors (Lipinski definition) is 7. The van der Waals surface area contributed by atoms with Gasteiger partial charge in [0.15, 0.2) is 0 Å². The highest BCUT2D eigenvalue weighted by Crippen LogP contribution is 2.45. The largest absolute Gasteiger partial charge is 0.496 e. The van der Waals surface area contributed by atoms with Crippen molar-refractivity contribution >= 4 is 22.9 Å². The van der Waals surface area contributed by atoms with Crippen LogP contribution in [-0.2, 0) is 16.0 Å². The number of nitrogens with zero attached hydrogens (tertiary/aromatic N) is 1. The molecule has 1 aromatic heterocycles. The number of aryl methyl sites for hydroxylation is 1. The van der Waals surface area contributed by atoms with Gasteiger partial charge >= 0.3 is 0 Å². The van der Waals surface area contributed by atoms with Crippen molar-refractivity contribution < 1.29 is 23.7 Å². The molecule has 2 aromatic carbocycles. The Morgan fingerprint density at radius 1 is 0.930 bits per heavy atom. The highest BCUT2D eigenvalue weighted by molar-refractivity contribution is 7.16. The molecular weight excluding hydrogens is 560 g/mol. The Bertz CT molecular complexity index is 1360. The van der Waals surface area contributed by atoms with Gasteiger partial charge in [0.05, 0.1) is 25.7 Å². The van der Waals surface area contributed by atoms with Crippen LogP contribution in [0.3, 0.4) is 0 Å². The van der Waals surface area contributed by atoms with E-state index in [2.05, 4.69) is 35.4 Å². The van der Waals surface area contributed by atoms with E-state index >= 15 is 0 Å². The van der Waals surface area contributed by atoms with Crippen LogP contribution in [0.25, 0.3) is 10.4 Å². The number of methoxy groups -OCH3 is 3. The van der Waals surface area contributed by atoms with E-state index in [0.29, 0.717) is 30.2 Å². The molecule has 0 atom stereocenters. The van der Waals surface area contributed by atoms with Crippen LogP contribution in [0.2, 0.25) is 0 Å². The minimum absolute atomic E-state index is 0.0783. The molecule has 0 radical (unpaired) electrons. The van der Waals surface area contributed by atoms with Crippen LogP contribution in [0.4, 0.5) is 5.69 Å². The van der Waals surface area contributed by atoms with Crippen LogP contribution >= 0.6 is 11.3 Å². The first-order valence-electron chi connectivity index (χ1n) is 15.7. The van der Waals surface area contributed by atoms with Gasteiger partial charge in [-0.25, -0.2) is 4.98 Å². The Morgan fingerprint density at radius 3 is 2.37 bits per heavy atom. The molecule has 2 saturated carbocycles. The molecule has 8 heteroatoms. The number of thiazole rings is 1. The highest BCUT2D eigenvalue weighted by Gasteiger charge is 2.28. The number of aromatic nitrogens is 1. The fourth-order valence-electron chi connectivity index (χ4n) is 6.79. The third-order valence-corrected chi connectivity index (χ3v) is 10.2. The number of nitrogens with one attached hydrogen (secondary N) is 1. The van der Waals surface area contributed by atoms with Gasteiger partial charge in [-0.3, -0.25) is 4.79 Å². The van der Waals surface area contributed by atoms with E-state index in [0.717, 1.165) is 91.0 Å². The Kier molecular flexibility index (Phi) is 11.0. The summed E-state index contributed by atoms with van der Waals surface area (Å²) in [5.74, 6) is 3.01. The van der Waals surface area contributed by atoms with E-state index in [1.165, 1.54) is 28.9 Å². The molecule has 3 aromatic rings. The number of carbonyl (C=O) groups excluding carboxylic acids is 1. The number of amides is 1. The van der Waals surface area contributed by atoms with E-state index in [1.807, 2.05) is 18.3 Å². The molecule has 7 nitrogen and oxygen atoms in total. The summed E-state index contributed by atoms with van der Waals surface area (Å²) in [7, 11) is 5.05. The zero-order valence-corrected chi connectivity index (χ0v) is 26.9. The molecule has 2 aliphatic rings. The van der Waals surface area contributed by atoms with E-state index in [1.54, 1.807) is 21.3 Å². The molecule has 0 aliphatic heterocycles. The average Bonchev–Trinajstić information content (AvgIpc) is 3.52. The molecule has 0 bridgehead atoms. The van der Waals surface area contributed by atoms with Crippen LogP contribution in [0.5, 0.6) is 16.7 Å². The van der Waals surface area contributed by atoms with Gasteiger partial charge in [-0.15, -0.1) is 0 Å². The van der Waals surface area contributed by atoms with Crippen molar-refractivity contribution in [1.82, 2.24) is 4.98 Å². The molecule has 1 N–H and O–H groups in total. The van der Waals surface area contributed by atoms with Crippen molar-refractivity contribution in [3.63, 3.8) is 0 Å². The van der Waals surface area contributed by atoms with Crippen LogP contribution in [0.15, 0.2) is 36.5 Å². The van der Waals surface area contributed by atoms with Gasteiger partial charge in [0.25, 0.3) is 5.19 Å². The summed E-state index contributed by atoms with van der Waals surface area (Å²) in [5, 5.41) is 3.98. The summed E-state index contributed by atoms with van der Waals surface area (Å²) in [6, 6.07) is 10.6. The lowest BCUT2D eigenvalue weighted by molar-refractivity contribution is -0.120. The fraction of sp³-hybridized carbons (Fsp3) is 0.543. The third kappa shape index (κ3) is 7.71. The van der Waals surface area contributed by atoms with Crippen LogP contribution in [-0.4, -0.2) is 45.4 Å². The fourth-order valence-corrected chi connectivity index (χ4v) is 7.60. The van der Waals surface area contributed by atoms with Crippen molar-refractivity contribution in [1.29, 1.82) is 0 Å². The number of rotatable bonds is 12. The maximum Gasteiger partial charge on any atom is 0.273 e. The van der Waals surface area contributed by atoms with Crippen molar-refractivity contribution in [3.05, 3.63) is 53.2 Å². The maximum atomic E-state index is 13.5. The summed E-state index contributed by atoms with van der Waals surface area (Å²) in [4.78, 5) is 18.9. The molecule has 43 heavy (non-hydrogen) atoms. The standard InChI is InChI=1S/C35H46N2O5S/c1-23-20-27(14-16-30(23)40-3)25-12-10-24(11-13-25)21-28-29(37-34(38)26-8-6-5-7-9-26)15-17-31(42-19-18-39-2)33(28)32-22-36-35(41-4)43-32/h14-17,20,22,24-26H,5-13,18-19,21H2,1-4H3,(H,37,38). The van der Waals surface area contributed by atoms with E-state index in [9.17, 15) is 4.79 Å². The number of anilines is 1. The average molecular weight is 607 g/mol. The molecule has 232 valence electrons. The number of benzene rings is 2. The lowest BCUT2D eigenvalue weighted by atomic mass is 9.75. The number of carbonyl (C=O) groups is 1. The molecule has 2 fully saturated rings. The van der Waals surface area contributed by atoms with Crippen LogP contribution in [0, 0.1) is 18.8 Å². The summed E-state index contributed by atoms with van der Waals surface area (Å²) in [6.45, 7) is 3.06. The quantitative estimate of drug-likeness (QED) is 0.209. The summed E-state index contributed by atoms with van der Waals surface area (Å²) < 4.78 is 22.5. The highest BCUT2D eigenvalue weighted by atomic mass is 32.1. The molecule has 0 saturated heterocycles. The molecular formula is C35H46N2O5S. The third-order valence-electron chi connectivity index (χ3n) is 9.19. The van der Waals surface area contributed by atoms with E-state index < -0.39 is 0 Å². The Balaban J connectivity index is 1.43. The topological polar surface area (TPSA) is 78.9 Å². The predicted molar refractivity (Wildman–Crippen MR) is 173 cm³/mol. The molecule has 2 aliphatic carbocycles. The summed E-state index contributed by atoms with van der Waals surface area (Å²) in [5.41, 5.74) is 5.63.